The smallest absolute Gasteiger partial charge is 0.0809 e. The number of aromatic nitrogens is 2. The number of aliphatic hydroxyl groups excluding tert-OH is 2. The van der Waals surface area contributed by atoms with Gasteiger partial charge >= 0.3 is 0 Å². The summed E-state index contributed by atoms with van der Waals surface area (Å²) < 4.78 is 2.03. The Morgan fingerprint density at radius 3 is 2.70 bits per heavy atom. The van der Waals surface area contributed by atoms with Gasteiger partial charge in [0.2, 0.25) is 0 Å². The first-order valence-corrected chi connectivity index (χ1v) is 12.1. The van der Waals surface area contributed by atoms with Crippen molar-refractivity contribution in [3.05, 3.63) is 34.7 Å². The molecule has 2 N–H and O–H groups in total. The third-order valence-electron chi connectivity index (χ3n) is 9.73. The molecule has 0 spiro atoms. The van der Waals surface area contributed by atoms with Gasteiger partial charge in [-0.1, -0.05) is 25.5 Å². The summed E-state index contributed by atoms with van der Waals surface area (Å²) in [4.78, 5) is 0. The predicted molar refractivity (Wildman–Crippen MR) is 120 cm³/mol. The molecule has 1 aromatic heterocycles. The first kappa shape index (κ1) is 20.5. The van der Waals surface area contributed by atoms with Crippen LogP contribution in [0.25, 0.3) is 6.08 Å². The van der Waals surface area contributed by atoms with E-state index >= 15 is 0 Å². The van der Waals surface area contributed by atoms with Crippen molar-refractivity contribution in [2.24, 2.45) is 28.6 Å². The predicted octanol–water partition coefficient (Wildman–Crippen LogP) is 4.89. The van der Waals surface area contributed by atoms with Gasteiger partial charge < -0.3 is 10.2 Å². The van der Waals surface area contributed by atoms with Gasteiger partial charge in [0.05, 0.1) is 18.4 Å². The zero-order valence-electron chi connectivity index (χ0n) is 19.1. The number of rotatable bonds is 2. The van der Waals surface area contributed by atoms with Gasteiger partial charge in [-0.25, -0.2) is 0 Å². The minimum absolute atomic E-state index is 0.0163. The molecule has 30 heavy (non-hydrogen) atoms. The van der Waals surface area contributed by atoms with Gasteiger partial charge in [0.25, 0.3) is 0 Å². The van der Waals surface area contributed by atoms with Crippen LogP contribution in [-0.2, 0) is 6.54 Å². The molecule has 0 unspecified atom stereocenters. The molecule has 7 atom stereocenters. The molecule has 0 radical (unpaired) electrons. The van der Waals surface area contributed by atoms with Crippen LogP contribution in [0.2, 0.25) is 0 Å². The van der Waals surface area contributed by atoms with E-state index in [2.05, 4.69) is 44.9 Å². The topological polar surface area (TPSA) is 58.3 Å². The summed E-state index contributed by atoms with van der Waals surface area (Å²) in [5.41, 5.74) is 5.30. The molecular formula is C26H38N2O2. The molecule has 3 fully saturated rings. The van der Waals surface area contributed by atoms with Gasteiger partial charge in [-0.15, -0.1) is 0 Å². The molecule has 0 aliphatic heterocycles. The molecule has 0 bridgehead atoms. The maximum atomic E-state index is 11.4. The van der Waals surface area contributed by atoms with Gasteiger partial charge in [-0.05, 0) is 93.6 Å². The molecule has 1 aromatic rings. The third kappa shape index (κ3) is 2.82. The second-order valence-electron chi connectivity index (χ2n) is 11.0. The highest BCUT2D eigenvalue weighted by Crippen LogP contribution is 2.65. The van der Waals surface area contributed by atoms with Crippen LogP contribution in [0.1, 0.15) is 77.0 Å². The lowest BCUT2D eigenvalue weighted by Crippen LogP contribution is -2.51. The number of hydrogen-bond donors (Lipinski definition) is 2. The second kappa shape index (κ2) is 7.06. The SMILES string of the molecule is CCn1ncc(/C=C2/C[C@H]3[C@@H]4CC=C5C[C@@H](O)CC[C@]5(C)[C@H]4CC[C@]3(C)[C@@H]2O)c1C. The average molecular weight is 411 g/mol. The van der Waals surface area contributed by atoms with Crippen molar-refractivity contribution >= 4 is 6.08 Å². The molecule has 0 aromatic carbocycles. The zero-order chi connectivity index (χ0) is 21.3. The summed E-state index contributed by atoms with van der Waals surface area (Å²) in [5, 5.41) is 26.1. The van der Waals surface area contributed by atoms with Crippen LogP contribution < -0.4 is 0 Å². The number of aryl methyl sites for hydroxylation is 1. The zero-order valence-corrected chi connectivity index (χ0v) is 19.1. The van der Waals surface area contributed by atoms with Crippen molar-refractivity contribution in [1.29, 1.82) is 0 Å². The number of nitrogens with zero attached hydrogens (tertiary/aromatic N) is 2. The third-order valence-corrected chi connectivity index (χ3v) is 9.73. The van der Waals surface area contributed by atoms with Crippen molar-refractivity contribution in [2.45, 2.75) is 91.4 Å². The highest BCUT2D eigenvalue weighted by atomic mass is 16.3. The summed E-state index contributed by atoms with van der Waals surface area (Å²) in [7, 11) is 0. The molecule has 164 valence electrons. The quantitative estimate of drug-likeness (QED) is 0.683. The summed E-state index contributed by atoms with van der Waals surface area (Å²) in [6.07, 6.45) is 13.5. The fourth-order valence-corrected chi connectivity index (χ4v) is 7.76. The Kier molecular flexibility index (Phi) is 4.83. The Bertz CT molecular complexity index is 899. The minimum Gasteiger partial charge on any atom is -0.393 e. The summed E-state index contributed by atoms with van der Waals surface area (Å²) >= 11 is 0. The van der Waals surface area contributed by atoms with Crippen molar-refractivity contribution in [1.82, 2.24) is 9.78 Å². The van der Waals surface area contributed by atoms with E-state index in [0.717, 1.165) is 50.6 Å². The Morgan fingerprint density at radius 1 is 1.17 bits per heavy atom. The Hall–Kier alpha value is -1.39. The van der Waals surface area contributed by atoms with Gasteiger partial charge in [0, 0.05) is 23.2 Å². The second-order valence-corrected chi connectivity index (χ2v) is 11.0. The van der Waals surface area contributed by atoms with Crippen LogP contribution >= 0.6 is 0 Å². The fourth-order valence-electron chi connectivity index (χ4n) is 7.76. The maximum Gasteiger partial charge on any atom is 0.0809 e. The molecule has 0 amide bonds. The standard InChI is InChI=1S/C26H38N2O2/c1-5-28-16(2)18(15-27-28)12-17-13-23-21-7-6-19-14-20(29)8-10-25(19,3)22(21)9-11-26(23,4)24(17)30/h6,12,15,20-24,29-30H,5,7-11,13-14H2,1-4H3/b17-12-/t20-,21+,22-,23-,24+,25-,26-/m0/s1. The monoisotopic (exact) mass is 410 g/mol. The van der Waals surface area contributed by atoms with Crippen molar-refractivity contribution in [3.8, 4) is 0 Å². The van der Waals surface area contributed by atoms with E-state index < -0.39 is 0 Å². The largest absolute Gasteiger partial charge is 0.393 e. The van der Waals surface area contributed by atoms with Crippen LogP contribution in [0.15, 0.2) is 23.4 Å². The Morgan fingerprint density at radius 2 is 1.97 bits per heavy atom. The molecular weight excluding hydrogens is 372 g/mol. The van der Waals surface area contributed by atoms with Gasteiger partial charge in [-0.3, -0.25) is 4.68 Å². The lowest BCUT2D eigenvalue weighted by Gasteiger charge is -2.57. The molecule has 4 aliphatic rings. The van der Waals surface area contributed by atoms with E-state index in [9.17, 15) is 10.2 Å². The van der Waals surface area contributed by atoms with E-state index in [1.807, 2.05) is 10.9 Å². The summed E-state index contributed by atoms with van der Waals surface area (Å²) in [6, 6.07) is 0. The van der Waals surface area contributed by atoms with Gasteiger partial charge in [0.1, 0.15) is 0 Å². The lowest BCUT2D eigenvalue weighted by atomic mass is 9.48. The molecule has 5 rings (SSSR count). The number of fused-ring (bicyclic) bond motifs is 5. The van der Waals surface area contributed by atoms with Crippen LogP contribution in [-0.4, -0.2) is 32.2 Å². The van der Waals surface area contributed by atoms with Crippen molar-refractivity contribution in [3.63, 3.8) is 0 Å². The Balaban J connectivity index is 1.47. The summed E-state index contributed by atoms with van der Waals surface area (Å²) in [5.74, 6) is 1.88. The van der Waals surface area contributed by atoms with Crippen molar-refractivity contribution < 1.29 is 10.2 Å². The van der Waals surface area contributed by atoms with E-state index in [-0.39, 0.29) is 23.0 Å². The number of aliphatic hydroxyl groups is 2. The average Bonchev–Trinajstić information content (AvgIpc) is 3.20. The van der Waals surface area contributed by atoms with E-state index in [0.29, 0.717) is 17.8 Å². The highest BCUT2D eigenvalue weighted by Gasteiger charge is 2.59. The normalized spacial score (nSPS) is 44.4. The number of hydrogen-bond acceptors (Lipinski definition) is 3. The highest BCUT2D eigenvalue weighted by molar-refractivity contribution is 5.57. The first-order chi connectivity index (χ1) is 14.3. The maximum absolute atomic E-state index is 11.4. The number of allylic oxidation sites excluding steroid dienone is 1. The van der Waals surface area contributed by atoms with Crippen LogP contribution in [0.5, 0.6) is 0 Å². The van der Waals surface area contributed by atoms with Crippen LogP contribution in [0.3, 0.4) is 0 Å². The van der Waals surface area contributed by atoms with Gasteiger partial charge in [-0.2, -0.15) is 5.10 Å². The van der Waals surface area contributed by atoms with Gasteiger partial charge in [0.15, 0.2) is 0 Å². The van der Waals surface area contributed by atoms with Crippen LogP contribution in [0.4, 0.5) is 0 Å². The molecule has 3 saturated carbocycles. The molecule has 4 nitrogen and oxygen atoms in total. The Labute approximate surface area is 181 Å². The molecule has 1 heterocycles. The fraction of sp³-hybridized carbons (Fsp3) is 0.731. The molecule has 4 aliphatic carbocycles. The van der Waals surface area contributed by atoms with Crippen LogP contribution in [0, 0.1) is 35.5 Å². The molecule has 0 saturated heterocycles. The molecule has 4 heteroatoms. The van der Waals surface area contributed by atoms with E-state index in [1.165, 1.54) is 23.3 Å². The summed E-state index contributed by atoms with van der Waals surface area (Å²) in [6.45, 7) is 9.93. The van der Waals surface area contributed by atoms with E-state index in [4.69, 9.17) is 0 Å². The lowest BCUT2D eigenvalue weighted by molar-refractivity contribution is -0.0685. The van der Waals surface area contributed by atoms with Crippen molar-refractivity contribution in [2.75, 3.05) is 0 Å². The minimum atomic E-state index is -0.348. The first-order valence-electron chi connectivity index (χ1n) is 12.1. The van der Waals surface area contributed by atoms with E-state index in [1.54, 1.807) is 0 Å².